The second-order valence-corrected chi connectivity index (χ2v) is 12.1. The number of hydrogen-bond acceptors (Lipinski definition) is 5. The number of methoxy groups -OCH3 is 1. The first kappa shape index (κ1) is 28.9. The zero-order valence-electron chi connectivity index (χ0n) is 24.7. The van der Waals surface area contributed by atoms with E-state index in [2.05, 4.69) is 41.5 Å². The predicted molar refractivity (Wildman–Crippen MR) is 159 cm³/mol. The van der Waals surface area contributed by atoms with E-state index in [0.29, 0.717) is 29.2 Å². The highest BCUT2D eigenvalue weighted by molar-refractivity contribution is 6.51. The molecule has 3 aromatic rings. The summed E-state index contributed by atoms with van der Waals surface area (Å²) in [4.78, 5) is 28.7. The number of ether oxygens (including phenoxy) is 2. The quantitative estimate of drug-likeness (QED) is 0.201. The average molecular weight is 542 g/mol. The third-order valence-electron chi connectivity index (χ3n) is 7.25. The van der Waals surface area contributed by atoms with Crippen LogP contribution in [0.5, 0.6) is 11.5 Å². The number of rotatable bonds is 6. The maximum Gasteiger partial charge on any atom is 0.300 e. The number of hydrogen-bond donors (Lipinski definition) is 1. The third-order valence-corrected chi connectivity index (χ3v) is 7.25. The highest BCUT2D eigenvalue weighted by Gasteiger charge is 2.47. The molecule has 1 aliphatic heterocycles. The molecule has 1 atom stereocenters. The van der Waals surface area contributed by atoms with E-state index in [0.717, 1.165) is 16.9 Å². The summed E-state index contributed by atoms with van der Waals surface area (Å²) in [5.74, 6) is -0.270. The molecule has 1 heterocycles. The van der Waals surface area contributed by atoms with Crippen LogP contribution < -0.4 is 14.4 Å². The van der Waals surface area contributed by atoms with Gasteiger partial charge in [-0.15, -0.1) is 0 Å². The normalized spacial score (nSPS) is 17.3. The fourth-order valence-electron chi connectivity index (χ4n) is 5.02. The summed E-state index contributed by atoms with van der Waals surface area (Å²) in [5.41, 5.74) is 3.41. The Labute approximate surface area is 237 Å². The molecule has 1 N–H and O–H groups in total. The second kappa shape index (κ2) is 10.8. The predicted octanol–water partition coefficient (Wildman–Crippen LogP) is 7.32. The number of carbonyl (C=O) groups is 2. The lowest BCUT2D eigenvalue weighted by atomic mass is 9.84. The van der Waals surface area contributed by atoms with Crippen molar-refractivity contribution in [1.29, 1.82) is 0 Å². The maximum atomic E-state index is 13.6. The summed E-state index contributed by atoms with van der Waals surface area (Å²) in [6, 6.07) is 19.4. The van der Waals surface area contributed by atoms with Crippen molar-refractivity contribution in [3.8, 4) is 11.5 Å². The minimum absolute atomic E-state index is 0.0408. The van der Waals surface area contributed by atoms with Crippen LogP contribution in [0.25, 0.3) is 5.76 Å². The van der Waals surface area contributed by atoms with Crippen molar-refractivity contribution in [2.75, 3.05) is 18.6 Å². The molecular weight excluding hydrogens is 502 g/mol. The van der Waals surface area contributed by atoms with E-state index in [1.54, 1.807) is 25.3 Å². The van der Waals surface area contributed by atoms with Gasteiger partial charge < -0.3 is 14.6 Å². The molecule has 1 unspecified atom stereocenters. The number of benzene rings is 3. The van der Waals surface area contributed by atoms with Crippen molar-refractivity contribution in [1.82, 2.24) is 0 Å². The van der Waals surface area contributed by atoms with E-state index >= 15 is 0 Å². The van der Waals surface area contributed by atoms with E-state index in [-0.39, 0.29) is 22.2 Å². The van der Waals surface area contributed by atoms with Crippen LogP contribution in [0.3, 0.4) is 0 Å². The zero-order chi connectivity index (χ0) is 29.4. The number of aliphatic hydroxyl groups is 1. The smallest absolute Gasteiger partial charge is 0.300 e. The molecule has 40 heavy (non-hydrogen) atoms. The first-order valence-corrected chi connectivity index (χ1v) is 13.6. The Morgan fingerprint density at radius 3 is 2.02 bits per heavy atom. The SMILES string of the molecule is CCOc1ccc(/C(O)=C2/C(=O)C(=O)N(c3ccc(C(C)(C)C)cc3)C2c2ccc(OC)cc2)cc1C(C)(C)C. The van der Waals surface area contributed by atoms with E-state index in [1.807, 2.05) is 55.5 Å². The molecule has 0 saturated carbocycles. The van der Waals surface area contributed by atoms with E-state index in [1.165, 1.54) is 4.90 Å². The van der Waals surface area contributed by atoms with Gasteiger partial charge in [-0.2, -0.15) is 0 Å². The van der Waals surface area contributed by atoms with Crippen LogP contribution in [0.2, 0.25) is 0 Å². The first-order chi connectivity index (χ1) is 18.8. The standard InChI is InChI=1S/C34H39NO5/c1-9-40-27-19-12-22(20-26(27)34(5,6)7)30(36)28-29(21-10-17-25(39-8)18-11-21)35(32(38)31(28)37)24-15-13-23(14-16-24)33(2,3)4/h10-20,29,36H,9H2,1-8H3/b30-28-. The fraction of sp³-hybridized carbons (Fsp3) is 0.353. The largest absolute Gasteiger partial charge is 0.507 e. The lowest BCUT2D eigenvalue weighted by molar-refractivity contribution is -0.132. The van der Waals surface area contributed by atoms with Crippen molar-refractivity contribution in [2.24, 2.45) is 0 Å². The Morgan fingerprint density at radius 2 is 1.50 bits per heavy atom. The summed E-state index contributed by atoms with van der Waals surface area (Å²) in [6.07, 6.45) is 0. The molecule has 1 amide bonds. The molecular formula is C34H39NO5. The number of aliphatic hydroxyl groups excluding tert-OH is 1. The second-order valence-electron chi connectivity index (χ2n) is 12.1. The van der Waals surface area contributed by atoms with Gasteiger partial charge in [0.15, 0.2) is 0 Å². The van der Waals surface area contributed by atoms with Crippen LogP contribution in [-0.2, 0) is 20.4 Å². The van der Waals surface area contributed by atoms with Gasteiger partial charge in [-0.25, -0.2) is 0 Å². The molecule has 1 aliphatic rings. The minimum Gasteiger partial charge on any atom is -0.507 e. The van der Waals surface area contributed by atoms with Crippen molar-refractivity contribution >= 4 is 23.1 Å². The van der Waals surface area contributed by atoms with Crippen molar-refractivity contribution in [3.63, 3.8) is 0 Å². The molecule has 4 rings (SSSR count). The number of anilines is 1. The molecule has 0 aliphatic carbocycles. The van der Waals surface area contributed by atoms with Gasteiger partial charge in [0.2, 0.25) is 0 Å². The molecule has 6 heteroatoms. The number of Topliss-reactive ketones (excluding diaryl/α,β-unsaturated/α-hetero) is 1. The third kappa shape index (κ3) is 5.48. The van der Waals surface area contributed by atoms with Gasteiger partial charge in [-0.1, -0.05) is 65.8 Å². The van der Waals surface area contributed by atoms with Crippen LogP contribution in [0.4, 0.5) is 5.69 Å². The van der Waals surface area contributed by atoms with Crippen LogP contribution >= 0.6 is 0 Å². The number of carbonyl (C=O) groups excluding carboxylic acids is 2. The molecule has 6 nitrogen and oxygen atoms in total. The Kier molecular flexibility index (Phi) is 7.84. The molecule has 210 valence electrons. The molecule has 1 saturated heterocycles. The van der Waals surface area contributed by atoms with Crippen molar-refractivity contribution in [2.45, 2.75) is 65.3 Å². The van der Waals surface area contributed by atoms with Gasteiger partial charge in [-0.3, -0.25) is 14.5 Å². The number of amides is 1. The Morgan fingerprint density at radius 1 is 0.875 bits per heavy atom. The Balaban J connectivity index is 1.92. The van der Waals surface area contributed by atoms with Crippen LogP contribution in [-0.4, -0.2) is 30.5 Å². The lowest BCUT2D eigenvalue weighted by Crippen LogP contribution is -2.29. The van der Waals surface area contributed by atoms with Crippen molar-refractivity contribution in [3.05, 3.63) is 94.6 Å². The topological polar surface area (TPSA) is 76.1 Å². The van der Waals surface area contributed by atoms with Gasteiger partial charge >= 0.3 is 0 Å². The van der Waals surface area contributed by atoms with E-state index in [4.69, 9.17) is 9.47 Å². The molecule has 0 bridgehead atoms. The van der Waals surface area contributed by atoms with Gasteiger partial charge in [0, 0.05) is 16.8 Å². The minimum atomic E-state index is -0.823. The molecule has 0 aromatic heterocycles. The summed E-state index contributed by atoms with van der Waals surface area (Å²) >= 11 is 0. The molecule has 3 aromatic carbocycles. The van der Waals surface area contributed by atoms with Gasteiger partial charge in [0.05, 0.1) is 25.3 Å². The Hall–Kier alpha value is -4.06. The van der Waals surface area contributed by atoms with E-state index < -0.39 is 17.7 Å². The lowest BCUT2D eigenvalue weighted by Gasteiger charge is -2.27. The average Bonchev–Trinajstić information content (AvgIpc) is 3.17. The highest BCUT2D eigenvalue weighted by Crippen LogP contribution is 2.44. The van der Waals surface area contributed by atoms with Crippen LogP contribution in [0.15, 0.2) is 72.3 Å². The zero-order valence-corrected chi connectivity index (χ0v) is 24.7. The van der Waals surface area contributed by atoms with Crippen LogP contribution in [0, 0.1) is 0 Å². The first-order valence-electron chi connectivity index (χ1n) is 13.6. The number of nitrogens with zero attached hydrogens (tertiary/aromatic N) is 1. The Bertz CT molecular complexity index is 1440. The van der Waals surface area contributed by atoms with Gasteiger partial charge in [0.1, 0.15) is 17.3 Å². The summed E-state index contributed by atoms with van der Waals surface area (Å²) in [7, 11) is 1.58. The van der Waals surface area contributed by atoms with Crippen molar-refractivity contribution < 1.29 is 24.2 Å². The molecule has 0 spiro atoms. The monoisotopic (exact) mass is 541 g/mol. The highest BCUT2D eigenvalue weighted by atomic mass is 16.5. The summed E-state index contributed by atoms with van der Waals surface area (Å²) in [6.45, 7) is 15.0. The summed E-state index contributed by atoms with van der Waals surface area (Å²) < 4.78 is 11.2. The van der Waals surface area contributed by atoms with Crippen LogP contribution in [0.1, 0.15) is 76.8 Å². The summed E-state index contributed by atoms with van der Waals surface area (Å²) in [5, 5.41) is 11.7. The molecule has 1 fully saturated rings. The van der Waals surface area contributed by atoms with Gasteiger partial charge in [-0.05, 0) is 71.3 Å². The molecule has 0 radical (unpaired) electrons. The fourth-order valence-corrected chi connectivity index (χ4v) is 5.02. The number of ketones is 1. The van der Waals surface area contributed by atoms with E-state index in [9.17, 15) is 14.7 Å². The van der Waals surface area contributed by atoms with Gasteiger partial charge in [0.25, 0.3) is 11.7 Å². The maximum absolute atomic E-state index is 13.6.